The van der Waals surface area contributed by atoms with Gasteiger partial charge < -0.3 is 25.2 Å². The third-order valence-electron chi connectivity index (χ3n) is 5.95. The molecule has 0 aliphatic heterocycles. The summed E-state index contributed by atoms with van der Waals surface area (Å²) in [5.74, 6) is 2.45. The molecular weight excluding hydrogens is 380 g/mol. The zero-order valence-electron chi connectivity index (χ0n) is 20.2. The van der Waals surface area contributed by atoms with E-state index in [2.05, 4.69) is 34.6 Å². The van der Waals surface area contributed by atoms with E-state index in [4.69, 9.17) is 9.84 Å². The molecule has 0 saturated heterocycles. The SMILES string of the molecule is CC(=CCOCC(O)C(O)C(O)CO)CCCC(C)CCCC(C)CCCC(C)C. The third-order valence-corrected chi connectivity index (χ3v) is 5.95. The van der Waals surface area contributed by atoms with E-state index in [9.17, 15) is 15.3 Å². The van der Waals surface area contributed by atoms with Gasteiger partial charge in [0.25, 0.3) is 0 Å². The van der Waals surface area contributed by atoms with E-state index in [1.807, 2.05) is 6.08 Å². The van der Waals surface area contributed by atoms with E-state index in [0.717, 1.165) is 24.2 Å². The van der Waals surface area contributed by atoms with Gasteiger partial charge in [-0.15, -0.1) is 0 Å². The lowest BCUT2D eigenvalue weighted by Crippen LogP contribution is -2.41. The van der Waals surface area contributed by atoms with Gasteiger partial charge in [0.15, 0.2) is 0 Å². The van der Waals surface area contributed by atoms with Gasteiger partial charge in [0.05, 0.1) is 19.8 Å². The van der Waals surface area contributed by atoms with E-state index in [1.54, 1.807) is 0 Å². The minimum absolute atomic E-state index is 0.0745. The van der Waals surface area contributed by atoms with Crippen LogP contribution >= 0.6 is 0 Å². The molecule has 5 unspecified atom stereocenters. The number of hydrogen-bond donors (Lipinski definition) is 4. The molecule has 0 heterocycles. The van der Waals surface area contributed by atoms with Crippen molar-refractivity contribution in [1.82, 2.24) is 0 Å². The smallest absolute Gasteiger partial charge is 0.110 e. The molecule has 4 N–H and O–H groups in total. The van der Waals surface area contributed by atoms with Gasteiger partial charge in [-0.25, -0.2) is 0 Å². The summed E-state index contributed by atoms with van der Waals surface area (Å²) in [6.07, 6.45) is 9.63. The summed E-state index contributed by atoms with van der Waals surface area (Å²) >= 11 is 0. The minimum atomic E-state index is -1.40. The van der Waals surface area contributed by atoms with Crippen molar-refractivity contribution in [2.24, 2.45) is 17.8 Å². The second-order valence-corrected chi connectivity index (χ2v) is 9.75. The molecule has 0 aromatic rings. The molecule has 0 aliphatic rings. The number of allylic oxidation sites excluding steroid dienone is 1. The van der Waals surface area contributed by atoms with Crippen LogP contribution in [0.3, 0.4) is 0 Å². The van der Waals surface area contributed by atoms with Gasteiger partial charge in [-0.05, 0) is 37.5 Å². The zero-order valence-corrected chi connectivity index (χ0v) is 20.2. The topological polar surface area (TPSA) is 90.2 Å². The minimum Gasteiger partial charge on any atom is -0.394 e. The van der Waals surface area contributed by atoms with Crippen LogP contribution in [0.5, 0.6) is 0 Å². The number of ether oxygens (including phenoxy) is 1. The fourth-order valence-corrected chi connectivity index (χ4v) is 3.66. The van der Waals surface area contributed by atoms with Gasteiger partial charge in [-0.3, -0.25) is 0 Å². The Hall–Kier alpha value is -0.460. The molecule has 5 atom stereocenters. The van der Waals surface area contributed by atoms with E-state index >= 15 is 0 Å². The second-order valence-electron chi connectivity index (χ2n) is 9.75. The number of aliphatic hydroxyl groups excluding tert-OH is 4. The normalized spacial score (nSPS) is 17.7. The first kappa shape index (κ1) is 29.5. The standard InChI is InChI=1S/C25H50O5/c1-19(2)9-6-10-20(3)11-7-12-21(4)13-8-14-22(5)15-16-30-18-24(28)25(29)23(27)17-26/h15,19-21,23-29H,6-14,16-18H2,1-5H3. The van der Waals surface area contributed by atoms with Crippen molar-refractivity contribution in [1.29, 1.82) is 0 Å². The highest BCUT2D eigenvalue weighted by Gasteiger charge is 2.23. The molecule has 180 valence electrons. The van der Waals surface area contributed by atoms with Crippen LogP contribution in [0.2, 0.25) is 0 Å². The van der Waals surface area contributed by atoms with Crippen molar-refractivity contribution in [2.75, 3.05) is 19.8 Å². The predicted octanol–water partition coefficient (Wildman–Crippen LogP) is 4.46. The Kier molecular flexibility index (Phi) is 17.9. The van der Waals surface area contributed by atoms with Gasteiger partial charge in [0.1, 0.15) is 18.3 Å². The Morgan fingerprint density at radius 3 is 1.87 bits per heavy atom. The molecule has 0 amide bonds. The lowest BCUT2D eigenvalue weighted by molar-refractivity contribution is -0.0974. The summed E-state index contributed by atoms with van der Waals surface area (Å²) in [6, 6.07) is 0. The highest BCUT2D eigenvalue weighted by atomic mass is 16.5. The molecule has 5 nitrogen and oxygen atoms in total. The molecule has 0 fully saturated rings. The van der Waals surface area contributed by atoms with E-state index < -0.39 is 24.9 Å². The Morgan fingerprint density at radius 1 is 0.800 bits per heavy atom. The van der Waals surface area contributed by atoms with E-state index in [-0.39, 0.29) is 6.61 Å². The molecule has 0 aliphatic carbocycles. The van der Waals surface area contributed by atoms with Crippen LogP contribution in [0.15, 0.2) is 11.6 Å². The Labute approximate surface area is 185 Å². The van der Waals surface area contributed by atoms with Crippen LogP contribution in [0.4, 0.5) is 0 Å². The summed E-state index contributed by atoms with van der Waals surface area (Å²) in [5.41, 5.74) is 1.27. The number of hydrogen-bond acceptors (Lipinski definition) is 5. The maximum atomic E-state index is 9.69. The second kappa shape index (κ2) is 18.1. The lowest BCUT2D eigenvalue weighted by Gasteiger charge is -2.21. The fraction of sp³-hybridized carbons (Fsp3) is 0.920. The highest BCUT2D eigenvalue weighted by molar-refractivity contribution is 4.97. The van der Waals surface area contributed by atoms with Crippen LogP contribution in [0, 0.1) is 17.8 Å². The van der Waals surface area contributed by atoms with Crippen molar-refractivity contribution in [3.05, 3.63) is 11.6 Å². The molecule has 30 heavy (non-hydrogen) atoms. The Bertz CT molecular complexity index is 424. The maximum Gasteiger partial charge on any atom is 0.110 e. The summed E-state index contributed by atoms with van der Waals surface area (Å²) in [6.45, 7) is 11.2. The van der Waals surface area contributed by atoms with Gasteiger partial charge in [0.2, 0.25) is 0 Å². The first-order chi connectivity index (χ1) is 14.2. The quantitative estimate of drug-likeness (QED) is 0.179. The van der Waals surface area contributed by atoms with Crippen molar-refractivity contribution < 1.29 is 25.2 Å². The third kappa shape index (κ3) is 16.3. The molecule has 0 radical (unpaired) electrons. The Balaban J connectivity index is 3.77. The van der Waals surface area contributed by atoms with Crippen molar-refractivity contribution in [3.63, 3.8) is 0 Å². The van der Waals surface area contributed by atoms with Crippen LogP contribution in [-0.4, -0.2) is 58.6 Å². The van der Waals surface area contributed by atoms with Crippen LogP contribution in [-0.2, 0) is 4.74 Å². The summed E-state index contributed by atoms with van der Waals surface area (Å²) in [7, 11) is 0. The lowest BCUT2D eigenvalue weighted by atomic mass is 9.91. The predicted molar refractivity (Wildman–Crippen MR) is 124 cm³/mol. The van der Waals surface area contributed by atoms with Crippen molar-refractivity contribution in [3.8, 4) is 0 Å². The van der Waals surface area contributed by atoms with Crippen LogP contribution in [0.1, 0.15) is 92.4 Å². The molecule has 0 saturated carbocycles. The van der Waals surface area contributed by atoms with Crippen LogP contribution < -0.4 is 0 Å². The molecular formula is C25H50O5. The average Bonchev–Trinajstić information content (AvgIpc) is 2.69. The van der Waals surface area contributed by atoms with Crippen LogP contribution in [0.25, 0.3) is 0 Å². The molecule has 0 bridgehead atoms. The number of aliphatic hydroxyl groups is 4. The first-order valence-corrected chi connectivity index (χ1v) is 12.1. The molecule has 0 rings (SSSR count). The molecule has 0 spiro atoms. The molecule has 0 aromatic heterocycles. The summed E-state index contributed by atoms with van der Waals surface area (Å²) in [4.78, 5) is 0. The summed E-state index contributed by atoms with van der Waals surface area (Å²) < 4.78 is 5.35. The number of rotatable bonds is 19. The van der Waals surface area contributed by atoms with E-state index in [0.29, 0.717) is 6.61 Å². The zero-order chi connectivity index (χ0) is 22.9. The van der Waals surface area contributed by atoms with Gasteiger partial charge in [0, 0.05) is 0 Å². The molecule has 5 heteroatoms. The average molecular weight is 431 g/mol. The fourth-order valence-electron chi connectivity index (χ4n) is 3.66. The first-order valence-electron chi connectivity index (χ1n) is 12.1. The van der Waals surface area contributed by atoms with Crippen molar-refractivity contribution >= 4 is 0 Å². The monoisotopic (exact) mass is 430 g/mol. The Morgan fingerprint density at radius 2 is 1.33 bits per heavy atom. The summed E-state index contributed by atoms with van der Waals surface area (Å²) in [5, 5.41) is 37.3. The van der Waals surface area contributed by atoms with E-state index in [1.165, 1.54) is 56.9 Å². The van der Waals surface area contributed by atoms with Gasteiger partial charge in [-0.2, -0.15) is 0 Å². The van der Waals surface area contributed by atoms with Crippen molar-refractivity contribution in [2.45, 2.75) is 111 Å². The van der Waals surface area contributed by atoms with Gasteiger partial charge in [-0.1, -0.05) is 84.3 Å². The maximum absolute atomic E-state index is 9.69. The molecule has 0 aromatic carbocycles. The largest absolute Gasteiger partial charge is 0.394 e. The van der Waals surface area contributed by atoms with Gasteiger partial charge >= 0.3 is 0 Å². The highest BCUT2D eigenvalue weighted by Crippen LogP contribution is 2.22.